The summed E-state index contributed by atoms with van der Waals surface area (Å²) in [6, 6.07) is 16.7. The van der Waals surface area contributed by atoms with Crippen LogP contribution >= 0.6 is 11.3 Å². The molecular weight excluding hydrogens is 536 g/mol. The van der Waals surface area contributed by atoms with Crippen molar-refractivity contribution < 1.29 is 4.74 Å². The minimum Gasteiger partial charge on any atom is -0.488 e. The molecule has 0 spiro atoms. The van der Waals surface area contributed by atoms with Crippen LogP contribution in [0.5, 0.6) is 5.75 Å². The van der Waals surface area contributed by atoms with Gasteiger partial charge in [0.1, 0.15) is 6.61 Å². The highest BCUT2D eigenvalue weighted by atomic mass is 32.1. The maximum Gasteiger partial charge on any atom is 0.168 e. The normalized spacial score (nSPS) is 10.9. The van der Waals surface area contributed by atoms with Gasteiger partial charge in [0.15, 0.2) is 11.6 Å². The first-order valence-corrected chi connectivity index (χ1v) is 14.8. The maximum absolute atomic E-state index is 5.49. The van der Waals surface area contributed by atoms with Gasteiger partial charge in [0.05, 0.1) is 12.1 Å². The van der Waals surface area contributed by atoms with E-state index in [1.54, 1.807) is 11.3 Å². The Hall–Kier alpha value is -3.25. The number of anilines is 1. The first-order chi connectivity index (χ1) is 18.7. The predicted octanol–water partition coefficient (Wildman–Crippen LogP) is 11.2. The van der Waals surface area contributed by atoms with E-state index in [4.69, 9.17) is 4.74 Å². The molecule has 1 N–H and O–H groups in total. The Bertz CT molecular complexity index is 1120. The summed E-state index contributed by atoms with van der Waals surface area (Å²) in [5, 5.41) is 3.19. The van der Waals surface area contributed by atoms with Crippen LogP contribution in [0.3, 0.4) is 0 Å². The lowest BCUT2D eigenvalue weighted by Crippen LogP contribution is -2.19. The average Bonchev–Trinajstić information content (AvgIpc) is 3.51. The standard InChI is InChI=1S/C10H14N2O.C9H12.C8H11N.C6H9NS.3CH4/c1-7(2)8-5-9-10(12-6-8)11-3-4-13-9;1-8(2)9-6-4-3-5-7-9;1-7(2)8-3-5-9-6-4-8;1-5(2)6-3-7-4-8-6;;;/h5-7H,3-4H2,1-2H3,(H,11,12);3-8H,1-2H3;3-7H,1-2H3;3-5H,1-2H3;3*1H4. The third-order valence-electron chi connectivity index (χ3n) is 6.05. The lowest BCUT2D eigenvalue weighted by Gasteiger charge is -2.19. The molecular formula is C36H58N4OS. The van der Waals surface area contributed by atoms with Gasteiger partial charge >= 0.3 is 0 Å². The minimum absolute atomic E-state index is 0. The topological polar surface area (TPSA) is 59.9 Å². The molecule has 0 saturated heterocycles. The number of nitrogens with zero attached hydrogens (tertiary/aromatic N) is 3. The van der Waals surface area contributed by atoms with Crippen LogP contribution < -0.4 is 10.1 Å². The second-order valence-corrected chi connectivity index (χ2v) is 11.5. The van der Waals surface area contributed by atoms with Crippen molar-refractivity contribution in [3.8, 4) is 5.75 Å². The summed E-state index contributed by atoms with van der Waals surface area (Å²) in [7, 11) is 0. The number of thiazole rings is 1. The molecule has 0 atom stereocenters. The second kappa shape index (κ2) is 22.4. The van der Waals surface area contributed by atoms with Gasteiger partial charge in [0.2, 0.25) is 0 Å². The lowest BCUT2D eigenvalue weighted by atomic mass is 10.0. The highest BCUT2D eigenvalue weighted by Gasteiger charge is 2.12. The number of aromatic nitrogens is 3. The molecule has 0 bridgehead atoms. The van der Waals surface area contributed by atoms with E-state index in [-0.39, 0.29) is 22.3 Å². The van der Waals surface area contributed by atoms with Crippen molar-refractivity contribution in [1.82, 2.24) is 15.0 Å². The number of hydrogen-bond donors (Lipinski definition) is 1. The molecule has 5 nitrogen and oxygen atoms in total. The van der Waals surface area contributed by atoms with E-state index in [9.17, 15) is 0 Å². The summed E-state index contributed by atoms with van der Waals surface area (Å²) in [4.78, 5) is 13.6. The van der Waals surface area contributed by atoms with Crippen LogP contribution in [-0.4, -0.2) is 28.1 Å². The SMILES string of the molecule is C.C.C.CC(C)c1ccccc1.CC(C)c1ccncc1.CC(C)c1cnc2c(c1)OCCN2.CC(C)c1cncs1. The van der Waals surface area contributed by atoms with Gasteiger partial charge < -0.3 is 10.1 Å². The molecule has 0 aliphatic carbocycles. The Morgan fingerprint density at radius 3 is 1.69 bits per heavy atom. The number of ether oxygens (including phenoxy) is 1. The molecule has 0 radical (unpaired) electrons. The smallest absolute Gasteiger partial charge is 0.168 e. The Labute approximate surface area is 262 Å². The minimum atomic E-state index is 0. The molecule has 0 fully saturated rings. The van der Waals surface area contributed by atoms with E-state index >= 15 is 0 Å². The van der Waals surface area contributed by atoms with Gasteiger partial charge in [-0.1, -0.05) is 108 Å². The fraction of sp³-hybridized carbons (Fsp3) is 0.472. The molecule has 1 aromatic carbocycles. The van der Waals surface area contributed by atoms with Crippen LogP contribution in [0, 0.1) is 0 Å². The van der Waals surface area contributed by atoms with Gasteiger partial charge in [0, 0.05) is 29.7 Å². The maximum atomic E-state index is 5.49. The summed E-state index contributed by atoms with van der Waals surface area (Å²) in [5.74, 6) is 4.18. The molecule has 4 aromatic rings. The van der Waals surface area contributed by atoms with E-state index in [2.05, 4.69) is 106 Å². The number of hydrogen-bond acceptors (Lipinski definition) is 6. The van der Waals surface area contributed by atoms with Crippen molar-refractivity contribution in [3.05, 3.63) is 100 Å². The fourth-order valence-corrected chi connectivity index (χ4v) is 4.08. The molecule has 0 amide bonds. The summed E-state index contributed by atoms with van der Waals surface area (Å²) >= 11 is 1.72. The Morgan fingerprint density at radius 1 is 0.690 bits per heavy atom. The van der Waals surface area contributed by atoms with Crippen LogP contribution in [0.4, 0.5) is 5.82 Å². The second-order valence-electron chi connectivity index (χ2n) is 10.6. The lowest BCUT2D eigenvalue weighted by molar-refractivity contribution is 0.321. The molecule has 0 saturated carbocycles. The van der Waals surface area contributed by atoms with Crippen LogP contribution in [0.1, 0.15) is 123 Å². The molecule has 1 aliphatic heterocycles. The summed E-state index contributed by atoms with van der Waals surface area (Å²) in [5.41, 5.74) is 5.86. The van der Waals surface area contributed by atoms with Crippen molar-refractivity contribution >= 4 is 17.2 Å². The highest BCUT2D eigenvalue weighted by molar-refractivity contribution is 7.09. The van der Waals surface area contributed by atoms with E-state index in [0.717, 1.165) is 24.7 Å². The average molecular weight is 595 g/mol. The van der Waals surface area contributed by atoms with Gasteiger partial charge in [-0.3, -0.25) is 9.97 Å². The molecule has 234 valence electrons. The number of fused-ring (bicyclic) bond motifs is 1. The van der Waals surface area contributed by atoms with Gasteiger partial charge in [0.25, 0.3) is 0 Å². The first-order valence-electron chi connectivity index (χ1n) is 13.9. The van der Waals surface area contributed by atoms with E-state index in [1.807, 2.05) is 48.5 Å². The zero-order valence-corrected chi connectivity index (χ0v) is 25.7. The highest BCUT2D eigenvalue weighted by Crippen LogP contribution is 2.28. The van der Waals surface area contributed by atoms with Gasteiger partial charge in [-0.25, -0.2) is 4.98 Å². The van der Waals surface area contributed by atoms with Gasteiger partial charge in [-0.15, -0.1) is 11.3 Å². The number of nitrogens with one attached hydrogen (secondary N) is 1. The third kappa shape index (κ3) is 15.1. The van der Waals surface area contributed by atoms with E-state index in [0.29, 0.717) is 23.7 Å². The summed E-state index contributed by atoms with van der Waals surface area (Å²) < 4.78 is 5.49. The van der Waals surface area contributed by atoms with E-state index < -0.39 is 0 Å². The number of pyridine rings is 2. The monoisotopic (exact) mass is 594 g/mol. The van der Waals surface area contributed by atoms with Gasteiger partial charge in [-0.2, -0.15) is 0 Å². The Kier molecular flexibility index (Phi) is 21.8. The predicted molar refractivity (Wildman–Crippen MR) is 188 cm³/mol. The number of rotatable bonds is 4. The molecule has 6 heteroatoms. The van der Waals surface area contributed by atoms with Crippen molar-refractivity contribution in [2.75, 3.05) is 18.5 Å². The van der Waals surface area contributed by atoms with Crippen LogP contribution in [0.15, 0.2) is 78.8 Å². The molecule has 1 aliphatic rings. The largest absolute Gasteiger partial charge is 0.488 e. The first kappa shape index (κ1) is 40.9. The van der Waals surface area contributed by atoms with Crippen LogP contribution in [0.2, 0.25) is 0 Å². The Balaban J connectivity index is 0. The van der Waals surface area contributed by atoms with Gasteiger partial charge in [-0.05, 0) is 58.6 Å². The fourth-order valence-electron chi connectivity index (χ4n) is 3.45. The zero-order chi connectivity index (χ0) is 28.6. The summed E-state index contributed by atoms with van der Waals surface area (Å²) in [6.45, 7) is 19.0. The van der Waals surface area contributed by atoms with Crippen molar-refractivity contribution in [2.24, 2.45) is 0 Å². The van der Waals surface area contributed by atoms with Crippen molar-refractivity contribution in [3.63, 3.8) is 0 Å². The van der Waals surface area contributed by atoms with E-state index in [1.165, 1.54) is 21.6 Å². The Morgan fingerprint density at radius 2 is 1.26 bits per heavy atom. The molecule has 0 unspecified atom stereocenters. The van der Waals surface area contributed by atoms with Crippen LogP contribution in [-0.2, 0) is 0 Å². The molecule has 42 heavy (non-hydrogen) atoms. The van der Waals surface area contributed by atoms with Crippen molar-refractivity contribution in [1.29, 1.82) is 0 Å². The van der Waals surface area contributed by atoms with Crippen LogP contribution in [0.25, 0.3) is 0 Å². The summed E-state index contributed by atoms with van der Waals surface area (Å²) in [6.07, 6.45) is 7.49. The van der Waals surface area contributed by atoms with Crippen molar-refractivity contribution in [2.45, 2.75) is 101 Å². The molecule has 3 aromatic heterocycles. The zero-order valence-electron chi connectivity index (χ0n) is 24.9. The number of benzene rings is 1. The third-order valence-corrected chi connectivity index (χ3v) is 7.13. The molecule has 5 rings (SSSR count). The quantitative estimate of drug-likeness (QED) is 0.255. The molecule has 4 heterocycles.